The van der Waals surface area contributed by atoms with Gasteiger partial charge in [0.1, 0.15) is 5.82 Å². The Hall–Kier alpha value is -2.69. The molecule has 4 rings (SSSR count). The molecule has 1 aliphatic heterocycles. The third kappa shape index (κ3) is 6.05. The summed E-state index contributed by atoms with van der Waals surface area (Å²) in [6, 6.07) is 19.3. The minimum Gasteiger partial charge on any atom is -0.339 e. The summed E-state index contributed by atoms with van der Waals surface area (Å²) in [6.45, 7) is 4.19. The summed E-state index contributed by atoms with van der Waals surface area (Å²) in [5, 5.41) is 9.37. The molecule has 1 aliphatic rings. The maximum absolute atomic E-state index is 12.8. The van der Waals surface area contributed by atoms with E-state index in [-0.39, 0.29) is 17.4 Å². The molecule has 0 bridgehead atoms. The summed E-state index contributed by atoms with van der Waals surface area (Å²) in [4.78, 5) is 14.5. The van der Waals surface area contributed by atoms with E-state index in [1.165, 1.54) is 16.1 Å². The lowest BCUT2D eigenvalue weighted by Crippen LogP contribution is -2.51. The van der Waals surface area contributed by atoms with Gasteiger partial charge < -0.3 is 9.47 Å². The Kier molecular flexibility index (Phi) is 8.02. The largest absolute Gasteiger partial charge is 0.339 e. The van der Waals surface area contributed by atoms with Crippen LogP contribution in [0.15, 0.2) is 65.8 Å². The van der Waals surface area contributed by atoms with Crippen LogP contribution >= 0.6 is 11.8 Å². The smallest absolute Gasteiger partial charge is 0.233 e. The molecule has 8 nitrogen and oxygen atoms in total. The van der Waals surface area contributed by atoms with Crippen LogP contribution in [-0.2, 0) is 33.5 Å². The van der Waals surface area contributed by atoms with Crippen molar-refractivity contribution in [3.63, 3.8) is 0 Å². The molecule has 1 amide bonds. The number of hydrogen-bond donors (Lipinski definition) is 0. The van der Waals surface area contributed by atoms with Gasteiger partial charge in [-0.05, 0) is 18.1 Å². The molecule has 0 N–H and O–H groups in total. The second kappa shape index (κ2) is 11.2. The quantitative estimate of drug-likeness (QED) is 0.421. The molecule has 1 aromatic heterocycles. The van der Waals surface area contributed by atoms with Crippen LogP contribution in [0.2, 0.25) is 0 Å². The fourth-order valence-corrected chi connectivity index (χ4v) is 6.40. The lowest BCUT2D eigenvalue weighted by Gasteiger charge is -2.34. The summed E-state index contributed by atoms with van der Waals surface area (Å²) in [6.07, 6.45) is 0.690. The van der Waals surface area contributed by atoms with Crippen molar-refractivity contribution >= 4 is 27.7 Å². The Labute approximate surface area is 205 Å². The van der Waals surface area contributed by atoms with Crippen molar-refractivity contribution in [3.05, 3.63) is 77.6 Å². The number of hydrogen-bond acceptors (Lipinski definition) is 6. The molecule has 34 heavy (non-hydrogen) atoms. The predicted molar refractivity (Wildman–Crippen MR) is 133 cm³/mol. The molecule has 10 heteroatoms. The van der Waals surface area contributed by atoms with E-state index < -0.39 is 10.0 Å². The molecule has 0 saturated carbocycles. The molecule has 0 atom stereocenters. The molecule has 0 spiro atoms. The van der Waals surface area contributed by atoms with E-state index in [0.717, 1.165) is 28.7 Å². The number of nitrogens with zero attached hydrogens (tertiary/aromatic N) is 5. The van der Waals surface area contributed by atoms with Crippen LogP contribution in [0.25, 0.3) is 0 Å². The molecule has 180 valence electrons. The molecule has 2 heterocycles. The summed E-state index contributed by atoms with van der Waals surface area (Å²) in [7, 11) is -3.40. The van der Waals surface area contributed by atoms with Crippen LogP contribution in [0.3, 0.4) is 0 Å². The highest BCUT2D eigenvalue weighted by Gasteiger charge is 2.29. The van der Waals surface area contributed by atoms with Crippen LogP contribution in [0.5, 0.6) is 0 Å². The van der Waals surface area contributed by atoms with Crippen molar-refractivity contribution in [1.82, 2.24) is 24.0 Å². The molecule has 0 radical (unpaired) electrons. The molecular weight excluding hydrogens is 470 g/mol. The first-order valence-corrected chi connectivity index (χ1v) is 13.9. The normalized spacial score (nSPS) is 14.9. The van der Waals surface area contributed by atoms with E-state index in [2.05, 4.69) is 22.3 Å². The van der Waals surface area contributed by atoms with Crippen molar-refractivity contribution in [2.24, 2.45) is 0 Å². The Morgan fingerprint density at radius 1 is 0.912 bits per heavy atom. The monoisotopic (exact) mass is 499 g/mol. The molecule has 2 aromatic carbocycles. The second-order valence-electron chi connectivity index (χ2n) is 8.12. The third-order valence-electron chi connectivity index (χ3n) is 5.82. The molecule has 3 aromatic rings. The number of rotatable bonds is 9. The fourth-order valence-electron chi connectivity index (χ4n) is 3.96. The first kappa shape index (κ1) is 24.4. The zero-order chi connectivity index (χ0) is 24.0. The number of carbonyl (C=O) groups is 1. The van der Waals surface area contributed by atoms with Crippen molar-refractivity contribution in [2.75, 3.05) is 31.9 Å². The molecule has 1 fully saturated rings. The first-order chi connectivity index (χ1) is 16.5. The number of benzene rings is 2. The zero-order valence-electron chi connectivity index (χ0n) is 19.2. The minimum absolute atomic E-state index is 0.0135. The second-order valence-corrected chi connectivity index (χ2v) is 11.0. The predicted octanol–water partition coefficient (Wildman–Crippen LogP) is 2.66. The zero-order valence-corrected chi connectivity index (χ0v) is 20.8. The molecule has 0 aliphatic carbocycles. The van der Waals surface area contributed by atoms with Crippen molar-refractivity contribution in [1.29, 1.82) is 0 Å². The van der Waals surface area contributed by atoms with E-state index in [4.69, 9.17) is 0 Å². The number of carbonyl (C=O) groups excluding carboxylic acids is 1. The Bertz CT molecular complexity index is 1190. The number of aromatic nitrogens is 3. The Balaban J connectivity index is 1.29. The maximum Gasteiger partial charge on any atom is 0.233 e. The van der Waals surface area contributed by atoms with Gasteiger partial charge in [0, 0.05) is 39.1 Å². The number of thioether (sulfide) groups is 1. The highest BCUT2D eigenvalue weighted by molar-refractivity contribution is 7.99. The van der Waals surface area contributed by atoms with Crippen LogP contribution in [0.4, 0.5) is 0 Å². The van der Waals surface area contributed by atoms with E-state index in [9.17, 15) is 13.2 Å². The van der Waals surface area contributed by atoms with Gasteiger partial charge in [0.15, 0.2) is 5.16 Å². The standard InChI is InChI=1S/C24H29N5O3S2/c1-2-29-22(17-20-9-5-3-6-10-20)25-26-24(29)33-18-23(30)27-13-15-28(16-14-27)34(31,32)19-21-11-7-4-8-12-21/h3-12H,2,13-19H2,1H3. The van der Waals surface area contributed by atoms with Gasteiger partial charge in [0.05, 0.1) is 11.5 Å². The van der Waals surface area contributed by atoms with Gasteiger partial charge in [-0.2, -0.15) is 4.31 Å². The Morgan fingerprint density at radius 2 is 1.53 bits per heavy atom. The van der Waals surface area contributed by atoms with E-state index >= 15 is 0 Å². The van der Waals surface area contributed by atoms with Crippen molar-refractivity contribution in [2.45, 2.75) is 30.8 Å². The summed E-state index contributed by atoms with van der Waals surface area (Å²) >= 11 is 1.38. The average molecular weight is 500 g/mol. The van der Waals surface area contributed by atoms with Gasteiger partial charge in [-0.1, -0.05) is 72.4 Å². The maximum atomic E-state index is 12.8. The molecule has 0 unspecified atom stereocenters. The van der Waals surface area contributed by atoms with Crippen LogP contribution < -0.4 is 0 Å². The van der Waals surface area contributed by atoms with Gasteiger partial charge >= 0.3 is 0 Å². The van der Waals surface area contributed by atoms with Crippen molar-refractivity contribution in [3.8, 4) is 0 Å². The van der Waals surface area contributed by atoms with Gasteiger partial charge in [-0.25, -0.2) is 8.42 Å². The highest BCUT2D eigenvalue weighted by Crippen LogP contribution is 2.20. The molecule has 1 saturated heterocycles. The lowest BCUT2D eigenvalue weighted by molar-refractivity contribution is -0.129. The molecular formula is C24H29N5O3S2. The van der Waals surface area contributed by atoms with Gasteiger partial charge in [0.25, 0.3) is 0 Å². The average Bonchev–Trinajstić information content (AvgIpc) is 3.24. The third-order valence-corrected chi connectivity index (χ3v) is 8.62. The van der Waals surface area contributed by atoms with Crippen molar-refractivity contribution < 1.29 is 13.2 Å². The van der Waals surface area contributed by atoms with Gasteiger partial charge in [0.2, 0.25) is 15.9 Å². The topological polar surface area (TPSA) is 88.4 Å². The highest BCUT2D eigenvalue weighted by atomic mass is 32.2. The number of piperazine rings is 1. The SMILES string of the molecule is CCn1c(Cc2ccccc2)nnc1SCC(=O)N1CCN(S(=O)(=O)Cc2ccccc2)CC1. The van der Waals surface area contributed by atoms with Crippen LogP contribution in [0, 0.1) is 0 Å². The summed E-state index contributed by atoms with van der Waals surface area (Å²) in [5.41, 5.74) is 1.93. The van der Waals surface area contributed by atoms with Crippen LogP contribution in [-0.4, -0.2) is 70.2 Å². The number of sulfonamides is 1. The van der Waals surface area contributed by atoms with Gasteiger partial charge in [-0.3, -0.25) is 4.79 Å². The summed E-state index contributed by atoms with van der Waals surface area (Å²) < 4.78 is 29.0. The van der Waals surface area contributed by atoms with E-state index in [0.29, 0.717) is 32.6 Å². The van der Waals surface area contributed by atoms with E-state index in [1.54, 1.807) is 4.90 Å². The van der Waals surface area contributed by atoms with Crippen LogP contribution in [0.1, 0.15) is 23.9 Å². The van der Waals surface area contributed by atoms with E-state index in [1.807, 2.05) is 60.0 Å². The summed E-state index contributed by atoms with van der Waals surface area (Å²) in [5.74, 6) is 1.09. The minimum atomic E-state index is -3.40. The lowest BCUT2D eigenvalue weighted by atomic mass is 10.1. The number of amides is 1. The Morgan fingerprint density at radius 3 is 2.15 bits per heavy atom. The fraction of sp³-hybridized carbons (Fsp3) is 0.375. The van der Waals surface area contributed by atoms with Gasteiger partial charge in [-0.15, -0.1) is 10.2 Å². The first-order valence-electron chi connectivity index (χ1n) is 11.3.